The quantitative estimate of drug-likeness (QED) is 0.558. The number of hydrogen-bond acceptors (Lipinski definition) is 0. The summed E-state index contributed by atoms with van der Waals surface area (Å²) < 4.78 is 0. The molecule has 0 unspecified atom stereocenters. The molecule has 0 amide bonds. The van der Waals surface area contributed by atoms with Gasteiger partial charge >= 0.3 is 0 Å². The van der Waals surface area contributed by atoms with Crippen molar-refractivity contribution in [2.45, 2.75) is 41.0 Å². The van der Waals surface area contributed by atoms with Crippen LogP contribution in [-0.2, 0) is 0 Å². The molecule has 0 N–H and O–H groups in total. The second-order valence-electron chi connectivity index (χ2n) is 3.49. The second-order valence-corrected chi connectivity index (χ2v) is 3.49. The molecule has 0 radical (unpaired) electrons. The molecule has 0 aliphatic heterocycles. The van der Waals surface area contributed by atoms with Crippen molar-refractivity contribution in [1.29, 1.82) is 0 Å². The predicted molar refractivity (Wildman–Crippen MR) is 66.4 cm³/mol. The number of rotatable bonds is 4. The zero-order valence-electron chi connectivity index (χ0n) is 10.1. The van der Waals surface area contributed by atoms with Gasteiger partial charge in [0.2, 0.25) is 0 Å². The van der Waals surface area contributed by atoms with Gasteiger partial charge in [0.1, 0.15) is 0 Å². The summed E-state index contributed by atoms with van der Waals surface area (Å²) in [6.07, 6.45) is 11.9. The van der Waals surface area contributed by atoms with Crippen LogP contribution in [0.1, 0.15) is 41.0 Å². The standard InChI is InChI=1S/C14H22/c1-6-9-12(4)10-13(5)11-14(7-2)8-3/h6-7,9-11H,8H2,1-5H3/b9-6+,12-10+,13-11+,14-7+. The minimum atomic E-state index is 1.10. The third-order valence-electron chi connectivity index (χ3n) is 2.08. The van der Waals surface area contributed by atoms with Crippen LogP contribution in [0.2, 0.25) is 0 Å². The zero-order chi connectivity index (χ0) is 11.0. The van der Waals surface area contributed by atoms with E-state index in [1.807, 2.05) is 6.92 Å². The van der Waals surface area contributed by atoms with Crippen molar-refractivity contribution in [2.75, 3.05) is 0 Å². The summed E-state index contributed by atoms with van der Waals surface area (Å²) in [6.45, 7) is 10.6. The van der Waals surface area contributed by atoms with Crippen molar-refractivity contribution < 1.29 is 0 Å². The summed E-state index contributed by atoms with van der Waals surface area (Å²) >= 11 is 0. The first-order chi connectivity index (χ1) is 6.63. The van der Waals surface area contributed by atoms with E-state index in [4.69, 9.17) is 0 Å². The SMILES string of the molecule is C/C=C/C(C)=C/C(C)=C/C(=C/C)CC. The van der Waals surface area contributed by atoms with Gasteiger partial charge in [0.25, 0.3) is 0 Å². The van der Waals surface area contributed by atoms with Gasteiger partial charge in [0.15, 0.2) is 0 Å². The van der Waals surface area contributed by atoms with Crippen molar-refractivity contribution in [3.05, 3.63) is 47.1 Å². The summed E-state index contributed by atoms with van der Waals surface area (Å²) in [7, 11) is 0. The van der Waals surface area contributed by atoms with Gasteiger partial charge in [0, 0.05) is 0 Å². The molecule has 0 heterocycles. The fraction of sp³-hybridized carbons (Fsp3) is 0.429. The summed E-state index contributed by atoms with van der Waals surface area (Å²) in [5, 5.41) is 0. The highest BCUT2D eigenvalue weighted by Crippen LogP contribution is 2.09. The fourth-order valence-electron chi connectivity index (χ4n) is 1.39. The summed E-state index contributed by atoms with van der Waals surface area (Å²) in [4.78, 5) is 0. The van der Waals surface area contributed by atoms with E-state index in [-0.39, 0.29) is 0 Å². The average Bonchev–Trinajstić information content (AvgIpc) is 2.14. The van der Waals surface area contributed by atoms with Gasteiger partial charge in [-0.25, -0.2) is 0 Å². The first-order valence-electron chi connectivity index (χ1n) is 5.28. The van der Waals surface area contributed by atoms with E-state index in [1.165, 1.54) is 16.7 Å². The summed E-state index contributed by atoms with van der Waals surface area (Å²) in [6, 6.07) is 0. The third kappa shape index (κ3) is 5.58. The lowest BCUT2D eigenvalue weighted by molar-refractivity contribution is 1.13. The topological polar surface area (TPSA) is 0 Å². The van der Waals surface area contributed by atoms with Crippen LogP contribution >= 0.6 is 0 Å². The maximum atomic E-state index is 2.24. The molecule has 78 valence electrons. The largest absolute Gasteiger partial charge is 0.0874 e. The van der Waals surface area contributed by atoms with Crippen molar-refractivity contribution in [3.63, 3.8) is 0 Å². The third-order valence-corrected chi connectivity index (χ3v) is 2.08. The molecule has 0 aromatic rings. The van der Waals surface area contributed by atoms with E-state index in [0.29, 0.717) is 0 Å². The lowest BCUT2D eigenvalue weighted by Gasteiger charge is -1.98. The molecule has 0 spiro atoms. The molecular weight excluding hydrogens is 168 g/mol. The van der Waals surface area contributed by atoms with Gasteiger partial charge in [0.05, 0.1) is 0 Å². The molecule has 0 nitrogen and oxygen atoms in total. The van der Waals surface area contributed by atoms with Crippen LogP contribution in [0.3, 0.4) is 0 Å². The Hall–Kier alpha value is -1.04. The van der Waals surface area contributed by atoms with E-state index < -0.39 is 0 Å². The van der Waals surface area contributed by atoms with Gasteiger partial charge in [-0.2, -0.15) is 0 Å². The van der Waals surface area contributed by atoms with Crippen LogP contribution in [0.15, 0.2) is 47.1 Å². The Kier molecular flexibility index (Phi) is 6.82. The molecule has 0 saturated heterocycles. The van der Waals surface area contributed by atoms with E-state index in [9.17, 15) is 0 Å². The molecule has 0 bridgehead atoms. The Labute approximate surface area is 88.7 Å². The molecule has 14 heavy (non-hydrogen) atoms. The van der Waals surface area contributed by atoms with E-state index in [2.05, 4.69) is 58.1 Å². The highest BCUT2D eigenvalue weighted by molar-refractivity contribution is 5.33. The lowest BCUT2D eigenvalue weighted by Crippen LogP contribution is -1.78. The smallest absolute Gasteiger partial charge is 0.0311 e. The van der Waals surface area contributed by atoms with Gasteiger partial charge in [-0.05, 0) is 34.1 Å². The monoisotopic (exact) mass is 190 g/mol. The Morgan fingerprint density at radius 1 is 1.00 bits per heavy atom. The van der Waals surface area contributed by atoms with E-state index in [1.54, 1.807) is 0 Å². The van der Waals surface area contributed by atoms with Crippen molar-refractivity contribution >= 4 is 0 Å². The molecule has 0 aromatic carbocycles. The van der Waals surface area contributed by atoms with Crippen molar-refractivity contribution in [1.82, 2.24) is 0 Å². The Balaban J connectivity index is 4.62. The average molecular weight is 190 g/mol. The first-order valence-corrected chi connectivity index (χ1v) is 5.28. The maximum Gasteiger partial charge on any atom is -0.0311 e. The zero-order valence-corrected chi connectivity index (χ0v) is 10.1. The van der Waals surface area contributed by atoms with Crippen LogP contribution in [0.4, 0.5) is 0 Å². The summed E-state index contributed by atoms with van der Waals surface area (Å²) in [5.74, 6) is 0. The number of hydrogen-bond donors (Lipinski definition) is 0. The van der Waals surface area contributed by atoms with Crippen LogP contribution in [0.25, 0.3) is 0 Å². The highest BCUT2D eigenvalue weighted by Gasteiger charge is 1.89. The van der Waals surface area contributed by atoms with Gasteiger partial charge in [-0.1, -0.05) is 54.0 Å². The van der Waals surface area contributed by atoms with Crippen LogP contribution in [0, 0.1) is 0 Å². The molecule has 0 aliphatic rings. The Morgan fingerprint density at radius 3 is 2.07 bits per heavy atom. The highest BCUT2D eigenvalue weighted by atomic mass is 14.0. The summed E-state index contributed by atoms with van der Waals surface area (Å²) in [5.41, 5.74) is 4.01. The molecule has 0 rings (SSSR count). The number of allylic oxidation sites excluding steroid dienone is 8. The molecule has 0 atom stereocenters. The van der Waals surface area contributed by atoms with E-state index in [0.717, 1.165) is 6.42 Å². The molecule has 0 heteroatoms. The van der Waals surface area contributed by atoms with Crippen LogP contribution in [0.5, 0.6) is 0 Å². The predicted octanol–water partition coefficient (Wildman–Crippen LogP) is 4.81. The van der Waals surface area contributed by atoms with Crippen molar-refractivity contribution in [3.8, 4) is 0 Å². The minimum absolute atomic E-state index is 1.10. The maximum absolute atomic E-state index is 2.24. The van der Waals surface area contributed by atoms with Gasteiger partial charge in [-0.15, -0.1) is 0 Å². The first kappa shape index (κ1) is 13.0. The minimum Gasteiger partial charge on any atom is -0.0874 e. The molecule has 0 saturated carbocycles. The van der Waals surface area contributed by atoms with E-state index >= 15 is 0 Å². The molecular formula is C14H22. The normalized spacial score (nSPS) is 15.4. The molecule has 0 fully saturated rings. The van der Waals surface area contributed by atoms with Crippen molar-refractivity contribution in [2.24, 2.45) is 0 Å². The Bertz CT molecular complexity index is 272. The van der Waals surface area contributed by atoms with Crippen LogP contribution < -0.4 is 0 Å². The molecule has 0 aliphatic carbocycles. The van der Waals surface area contributed by atoms with Gasteiger partial charge < -0.3 is 0 Å². The Morgan fingerprint density at radius 2 is 1.64 bits per heavy atom. The second kappa shape index (κ2) is 7.37. The van der Waals surface area contributed by atoms with Gasteiger partial charge in [-0.3, -0.25) is 0 Å². The fourth-order valence-corrected chi connectivity index (χ4v) is 1.39. The molecule has 0 aromatic heterocycles. The lowest BCUT2D eigenvalue weighted by atomic mass is 10.1. The van der Waals surface area contributed by atoms with Crippen LogP contribution in [-0.4, -0.2) is 0 Å².